The number of carbonyl (C=O) groups excluding carboxylic acids is 2. The number of rotatable bonds is 2. The van der Waals surface area contributed by atoms with Crippen molar-refractivity contribution >= 4 is 11.8 Å². The largest absolute Gasteiger partial charge is 0.278 e. The van der Waals surface area contributed by atoms with Gasteiger partial charge >= 0.3 is 0 Å². The SMILES string of the molecule is CC(CC#N)N1C(=O)[C@H]2CC=CC[C@H]2C1=O. The molecule has 0 radical (unpaired) electrons. The molecule has 1 saturated heterocycles. The van der Waals surface area contributed by atoms with Gasteiger partial charge in [-0.15, -0.1) is 0 Å². The molecule has 1 aliphatic heterocycles. The first-order valence-corrected chi connectivity index (χ1v) is 5.55. The van der Waals surface area contributed by atoms with Crippen molar-refractivity contribution in [2.45, 2.75) is 32.2 Å². The monoisotopic (exact) mass is 218 g/mol. The molecule has 2 aliphatic rings. The number of hydrogen-bond donors (Lipinski definition) is 0. The second-order valence-corrected chi connectivity index (χ2v) is 4.41. The molecule has 16 heavy (non-hydrogen) atoms. The number of hydrogen-bond acceptors (Lipinski definition) is 3. The summed E-state index contributed by atoms with van der Waals surface area (Å²) in [6.07, 6.45) is 5.45. The van der Waals surface area contributed by atoms with E-state index in [4.69, 9.17) is 5.26 Å². The Morgan fingerprint density at radius 3 is 2.31 bits per heavy atom. The lowest BCUT2D eigenvalue weighted by molar-refractivity contribution is -0.142. The van der Waals surface area contributed by atoms with E-state index in [0.717, 1.165) is 0 Å². The van der Waals surface area contributed by atoms with E-state index in [9.17, 15) is 9.59 Å². The fraction of sp³-hybridized carbons (Fsp3) is 0.583. The van der Waals surface area contributed by atoms with Gasteiger partial charge in [0.05, 0.1) is 24.3 Å². The van der Waals surface area contributed by atoms with Crippen molar-refractivity contribution in [3.63, 3.8) is 0 Å². The van der Waals surface area contributed by atoms with Gasteiger partial charge in [0, 0.05) is 6.04 Å². The number of nitriles is 1. The molecule has 0 aromatic heterocycles. The molecule has 1 aliphatic carbocycles. The number of nitrogens with zero attached hydrogens (tertiary/aromatic N) is 2. The molecule has 0 spiro atoms. The maximum Gasteiger partial charge on any atom is 0.233 e. The van der Waals surface area contributed by atoms with E-state index in [1.54, 1.807) is 6.92 Å². The number of imide groups is 1. The summed E-state index contributed by atoms with van der Waals surface area (Å²) >= 11 is 0. The minimum atomic E-state index is -0.296. The van der Waals surface area contributed by atoms with Crippen molar-refractivity contribution in [2.24, 2.45) is 11.8 Å². The van der Waals surface area contributed by atoms with Gasteiger partial charge in [0.2, 0.25) is 11.8 Å². The molecule has 4 heteroatoms. The number of allylic oxidation sites excluding steroid dienone is 2. The fourth-order valence-corrected chi connectivity index (χ4v) is 2.48. The lowest BCUT2D eigenvalue weighted by atomic mass is 9.85. The Kier molecular flexibility index (Phi) is 2.78. The first-order valence-electron chi connectivity index (χ1n) is 5.55. The second-order valence-electron chi connectivity index (χ2n) is 4.41. The zero-order chi connectivity index (χ0) is 11.7. The highest BCUT2D eigenvalue weighted by Gasteiger charge is 2.48. The van der Waals surface area contributed by atoms with Crippen LogP contribution >= 0.6 is 0 Å². The van der Waals surface area contributed by atoms with Crippen LogP contribution in [0.15, 0.2) is 12.2 Å². The smallest absolute Gasteiger partial charge is 0.233 e. The first kappa shape index (κ1) is 10.9. The van der Waals surface area contributed by atoms with Crippen LogP contribution in [0.4, 0.5) is 0 Å². The van der Waals surface area contributed by atoms with E-state index in [1.165, 1.54) is 4.90 Å². The molecule has 0 saturated carbocycles. The minimum Gasteiger partial charge on any atom is -0.278 e. The third-order valence-corrected chi connectivity index (χ3v) is 3.37. The summed E-state index contributed by atoms with van der Waals surface area (Å²) < 4.78 is 0. The van der Waals surface area contributed by atoms with Crippen LogP contribution in [0.25, 0.3) is 0 Å². The molecular weight excluding hydrogens is 204 g/mol. The van der Waals surface area contributed by atoms with Crippen molar-refractivity contribution in [3.05, 3.63) is 12.2 Å². The third kappa shape index (κ3) is 1.53. The Morgan fingerprint density at radius 2 is 1.88 bits per heavy atom. The summed E-state index contributed by atoms with van der Waals surface area (Å²) in [5.74, 6) is -0.554. The van der Waals surface area contributed by atoms with Crippen LogP contribution in [0.3, 0.4) is 0 Å². The molecule has 1 unspecified atom stereocenters. The Balaban J connectivity index is 2.21. The van der Waals surface area contributed by atoms with Gasteiger partial charge in [-0.1, -0.05) is 12.2 Å². The Morgan fingerprint density at radius 1 is 1.38 bits per heavy atom. The van der Waals surface area contributed by atoms with Gasteiger partial charge < -0.3 is 0 Å². The van der Waals surface area contributed by atoms with Gasteiger partial charge in [0.25, 0.3) is 0 Å². The summed E-state index contributed by atoms with van der Waals surface area (Å²) in [4.78, 5) is 25.4. The molecule has 4 nitrogen and oxygen atoms in total. The summed E-state index contributed by atoms with van der Waals surface area (Å²) in [5.41, 5.74) is 0. The number of amides is 2. The molecule has 2 rings (SSSR count). The van der Waals surface area contributed by atoms with Crippen LogP contribution in [0.5, 0.6) is 0 Å². The van der Waals surface area contributed by atoms with Crippen LogP contribution in [-0.2, 0) is 9.59 Å². The zero-order valence-corrected chi connectivity index (χ0v) is 9.22. The Hall–Kier alpha value is -1.63. The highest BCUT2D eigenvalue weighted by atomic mass is 16.2. The van der Waals surface area contributed by atoms with Crippen molar-refractivity contribution in [3.8, 4) is 6.07 Å². The standard InChI is InChI=1S/C12H14N2O2/c1-8(6-7-13)14-11(15)9-4-2-3-5-10(9)12(14)16/h2-3,8-10H,4-6H2,1H3/t8?,9-,10+. The average molecular weight is 218 g/mol. The molecule has 84 valence electrons. The van der Waals surface area contributed by atoms with E-state index in [0.29, 0.717) is 12.8 Å². The van der Waals surface area contributed by atoms with E-state index in [2.05, 4.69) is 0 Å². The molecule has 1 fully saturated rings. The van der Waals surface area contributed by atoms with Crippen molar-refractivity contribution < 1.29 is 9.59 Å². The van der Waals surface area contributed by atoms with Crippen molar-refractivity contribution in [2.75, 3.05) is 0 Å². The van der Waals surface area contributed by atoms with Crippen LogP contribution in [0.2, 0.25) is 0 Å². The number of carbonyl (C=O) groups is 2. The lowest BCUT2D eigenvalue weighted by Gasteiger charge is -2.20. The van der Waals surface area contributed by atoms with Gasteiger partial charge in [-0.3, -0.25) is 14.5 Å². The zero-order valence-electron chi connectivity index (χ0n) is 9.22. The van der Waals surface area contributed by atoms with Crippen LogP contribution in [-0.4, -0.2) is 22.8 Å². The van der Waals surface area contributed by atoms with Crippen LogP contribution in [0, 0.1) is 23.2 Å². The van der Waals surface area contributed by atoms with Crippen molar-refractivity contribution in [1.82, 2.24) is 4.90 Å². The summed E-state index contributed by atoms with van der Waals surface area (Å²) in [6.45, 7) is 1.75. The maximum absolute atomic E-state index is 12.0. The molecule has 0 aromatic rings. The number of likely N-dealkylation sites (tertiary alicyclic amines) is 1. The third-order valence-electron chi connectivity index (χ3n) is 3.37. The fourth-order valence-electron chi connectivity index (χ4n) is 2.48. The minimum absolute atomic E-state index is 0.0953. The Labute approximate surface area is 94.5 Å². The summed E-state index contributed by atoms with van der Waals surface area (Å²) in [7, 11) is 0. The molecule has 3 atom stereocenters. The normalized spacial score (nSPS) is 30.1. The lowest BCUT2D eigenvalue weighted by Crippen LogP contribution is -2.38. The number of fused-ring (bicyclic) bond motifs is 1. The second kappa shape index (κ2) is 4.09. The predicted molar refractivity (Wildman–Crippen MR) is 56.9 cm³/mol. The quantitative estimate of drug-likeness (QED) is 0.517. The van der Waals surface area contributed by atoms with Gasteiger partial charge in [-0.05, 0) is 19.8 Å². The van der Waals surface area contributed by atoms with Gasteiger partial charge in [0.1, 0.15) is 0 Å². The topological polar surface area (TPSA) is 61.2 Å². The van der Waals surface area contributed by atoms with Gasteiger partial charge in [-0.25, -0.2) is 0 Å². The first-order chi connectivity index (χ1) is 7.66. The molecule has 0 aromatic carbocycles. The molecule has 1 heterocycles. The highest BCUT2D eigenvalue weighted by molar-refractivity contribution is 6.05. The van der Waals surface area contributed by atoms with Crippen LogP contribution < -0.4 is 0 Å². The predicted octanol–water partition coefficient (Wildman–Crippen LogP) is 1.24. The Bertz CT molecular complexity index is 368. The van der Waals surface area contributed by atoms with E-state index < -0.39 is 0 Å². The molecule has 2 amide bonds. The molecular formula is C12H14N2O2. The van der Waals surface area contributed by atoms with Crippen LogP contribution in [0.1, 0.15) is 26.2 Å². The van der Waals surface area contributed by atoms with E-state index >= 15 is 0 Å². The van der Waals surface area contributed by atoms with E-state index in [-0.39, 0.29) is 36.1 Å². The molecule has 0 N–H and O–H groups in total. The maximum atomic E-state index is 12.0. The summed E-state index contributed by atoms with van der Waals surface area (Å²) in [6, 6.07) is 1.71. The highest BCUT2D eigenvalue weighted by Crippen LogP contribution is 2.36. The van der Waals surface area contributed by atoms with E-state index in [1.807, 2.05) is 18.2 Å². The van der Waals surface area contributed by atoms with Crippen molar-refractivity contribution in [1.29, 1.82) is 5.26 Å². The summed E-state index contributed by atoms with van der Waals surface area (Å²) in [5, 5.41) is 8.62. The average Bonchev–Trinajstić information content (AvgIpc) is 2.53. The molecule has 0 bridgehead atoms. The van der Waals surface area contributed by atoms with Gasteiger partial charge in [0.15, 0.2) is 0 Å². The van der Waals surface area contributed by atoms with Gasteiger partial charge in [-0.2, -0.15) is 5.26 Å².